The summed E-state index contributed by atoms with van der Waals surface area (Å²) in [5.74, 6) is -0.211. The minimum atomic E-state index is -1.52. The van der Waals surface area contributed by atoms with E-state index in [1.54, 1.807) is 23.4 Å². The second-order valence-electron chi connectivity index (χ2n) is 12.0. The van der Waals surface area contributed by atoms with E-state index in [0.29, 0.717) is 31.0 Å². The first-order valence-electron chi connectivity index (χ1n) is 15.1. The van der Waals surface area contributed by atoms with Crippen LogP contribution < -0.4 is 10.6 Å². The molecule has 45 heavy (non-hydrogen) atoms. The fourth-order valence-corrected chi connectivity index (χ4v) is 5.46. The smallest absolute Gasteiger partial charge is 0.256 e. The van der Waals surface area contributed by atoms with E-state index in [1.807, 2.05) is 37.3 Å². The molecule has 3 unspecified atom stereocenters. The van der Waals surface area contributed by atoms with Gasteiger partial charge in [0.15, 0.2) is 0 Å². The Balaban J connectivity index is 1.26. The van der Waals surface area contributed by atoms with Crippen molar-refractivity contribution in [3.8, 4) is 0 Å². The highest BCUT2D eigenvalue weighted by atomic mass is 19.1. The highest BCUT2D eigenvalue weighted by Crippen LogP contribution is 2.32. The number of carbonyl (C=O) groups excluding carboxylic acids is 2. The van der Waals surface area contributed by atoms with Crippen molar-refractivity contribution in [1.29, 1.82) is 0 Å². The van der Waals surface area contributed by atoms with Gasteiger partial charge < -0.3 is 25.1 Å². The number of carbonyl (C=O) groups is 2. The van der Waals surface area contributed by atoms with Gasteiger partial charge in [0.05, 0.1) is 29.0 Å². The van der Waals surface area contributed by atoms with Crippen LogP contribution in [-0.2, 0) is 18.6 Å². The van der Waals surface area contributed by atoms with Crippen LogP contribution in [0.4, 0.5) is 4.39 Å². The van der Waals surface area contributed by atoms with Crippen LogP contribution in [0.25, 0.3) is 0 Å². The number of likely N-dealkylation sites (tertiary alicyclic amines) is 1. The third kappa shape index (κ3) is 8.17. The van der Waals surface area contributed by atoms with E-state index in [1.165, 1.54) is 38.5 Å². The van der Waals surface area contributed by atoms with Crippen molar-refractivity contribution in [2.75, 3.05) is 13.1 Å². The largest absolute Gasteiger partial charge is 0.446 e. The highest BCUT2D eigenvalue weighted by Gasteiger charge is 2.34. The lowest BCUT2D eigenvalue weighted by Gasteiger charge is -2.25. The number of aliphatic hydroxyl groups excluding tert-OH is 1. The number of halogens is 1. The summed E-state index contributed by atoms with van der Waals surface area (Å²) in [4.78, 5) is 41.4. The van der Waals surface area contributed by atoms with Crippen LogP contribution in [0.15, 0.2) is 77.9 Å². The molecule has 1 fully saturated rings. The van der Waals surface area contributed by atoms with E-state index < -0.39 is 23.7 Å². The Hall–Kier alpha value is -4.48. The van der Waals surface area contributed by atoms with E-state index in [-0.39, 0.29) is 29.6 Å². The molecule has 236 valence electrons. The second kappa shape index (κ2) is 14.1. The van der Waals surface area contributed by atoms with Gasteiger partial charge in [-0.05, 0) is 63.3 Å². The first-order valence-corrected chi connectivity index (χ1v) is 15.1. The maximum Gasteiger partial charge on any atom is 0.256 e. The molecule has 3 atom stereocenters. The lowest BCUT2D eigenvalue weighted by Crippen LogP contribution is -2.48. The van der Waals surface area contributed by atoms with Gasteiger partial charge in [-0.3, -0.25) is 19.6 Å². The van der Waals surface area contributed by atoms with Gasteiger partial charge in [-0.15, -0.1) is 0 Å². The van der Waals surface area contributed by atoms with E-state index in [9.17, 15) is 19.1 Å². The third-order valence-corrected chi connectivity index (χ3v) is 7.93. The summed E-state index contributed by atoms with van der Waals surface area (Å²) in [6.45, 7) is 5.86. The quantitative estimate of drug-likeness (QED) is 0.213. The van der Waals surface area contributed by atoms with E-state index in [2.05, 4.69) is 25.6 Å². The fraction of sp³-hybridized carbons (Fsp3) is 0.382. The monoisotopic (exact) mass is 614 g/mol. The van der Waals surface area contributed by atoms with Gasteiger partial charge in [0.25, 0.3) is 11.8 Å². The van der Waals surface area contributed by atoms with Crippen LogP contribution in [0.5, 0.6) is 0 Å². The number of rotatable bonds is 12. The highest BCUT2D eigenvalue weighted by molar-refractivity contribution is 5.99. The zero-order valence-electron chi connectivity index (χ0n) is 25.7. The zero-order valence-corrected chi connectivity index (χ0v) is 25.7. The summed E-state index contributed by atoms with van der Waals surface area (Å²) < 4.78 is 20.0. The lowest BCUT2D eigenvalue weighted by molar-refractivity contribution is 0.0715. The molecule has 0 bridgehead atoms. The van der Waals surface area contributed by atoms with E-state index >= 15 is 0 Å². The molecular formula is C34H39FN6O4. The lowest BCUT2D eigenvalue weighted by atomic mass is 10.00. The number of benzene rings is 1. The summed E-state index contributed by atoms with van der Waals surface area (Å²) in [5, 5.41) is 17.4. The second-order valence-corrected chi connectivity index (χ2v) is 12.0. The molecule has 3 N–H and O–H groups in total. The minimum Gasteiger partial charge on any atom is -0.446 e. The Bertz CT molecular complexity index is 1610. The standard InChI is InChI=1S/C34H39FN6O4/c1-22-21-45-32(39-22)29-10-7-11-41(29)33(44)26-14-25(17-38-18-26)31(43)40-28(13-23-8-5-4-6-9-23)30(42)20-37-16-24-12-27(19-36-15-24)34(2,3)35/h4-6,8-9,12,14-15,17-19,21,28-30,37,42H,7,10-11,13,16,20H2,1-3H3,(H,40,43). The molecule has 4 heterocycles. The molecule has 4 aromatic rings. The van der Waals surface area contributed by atoms with E-state index in [4.69, 9.17) is 4.42 Å². The zero-order chi connectivity index (χ0) is 32.0. The summed E-state index contributed by atoms with van der Waals surface area (Å²) in [6, 6.07) is 11.9. The average molecular weight is 615 g/mol. The molecule has 3 aromatic heterocycles. The maximum absolute atomic E-state index is 14.4. The molecule has 5 rings (SSSR count). The molecule has 1 aliphatic rings. The SMILES string of the molecule is Cc1coc(C2CCCN2C(=O)c2cncc(C(=O)NC(Cc3ccccc3)C(O)CNCc3cncc(C(C)(C)F)c3)c2)n1. The van der Waals surface area contributed by atoms with E-state index in [0.717, 1.165) is 29.7 Å². The Kier molecular flexibility index (Phi) is 9.99. The summed E-state index contributed by atoms with van der Waals surface area (Å²) >= 11 is 0. The van der Waals surface area contributed by atoms with Crippen LogP contribution >= 0.6 is 0 Å². The van der Waals surface area contributed by atoms with Crippen molar-refractivity contribution in [2.45, 2.75) is 70.4 Å². The molecule has 1 aromatic carbocycles. The molecule has 1 aliphatic heterocycles. The molecule has 0 aliphatic carbocycles. The minimum absolute atomic E-state index is 0.161. The van der Waals surface area contributed by atoms with Crippen molar-refractivity contribution in [2.24, 2.45) is 0 Å². The van der Waals surface area contributed by atoms with Crippen molar-refractivity contribution < 1.29 is 23.5 Å². The third-order valence-electron chi connectivity index (χ3n) is 7.93. The van der Waals surface area contributed by atoms with Gasteiger partial charge >= 0.3 is 0 Å². The predicted molar refractivity (Wildman–Crippen MR) is 166 cm³/mol. The molecule has 0 spiro atoms. The Morgan fingerprint density at radius 1 is 1.09 bits per heavy atom. The van der Waals surface area contributed by atoms with Crippen LogP contribution in [0.1, 0.15) is 81.7 Å². The van der Waals surface area contributed by atoms with Crippen molar-refractivity contribution in [3.63, 3.8) is 0 Å². The summed E-state index contributed by atoms with van der Waals surface area (Å²) in [5.41, 5.74) is 1.91. The number of amides is 2. The molecular weight excluding hydrogens is 575 g/mol. The predicted octanol–water partition coefficient (Wildman–Crippen LogP) is 4.45. The molecule has 0 saturated carbocycles. The van der Waals surface area contributed by atoms with Crippen molar-refractivity contribution in [1.82, 2.24) is 30.5 Å². The Morgan fingerprint density at radius 3 is 2.58 bits per heavy atom. The molecule has 1 saturated heterocycles. The summed E-state index contributed by atoms with van der Waals surface area (Å²) in [6.07, 6.45) is 8.54. The topological polar surface area (TPSA) is 133 Å². The maximum atomic E-state index is 14.4. The number of aryl methyl sites for hydroxylation is 1. The first kappa shape index (κ1) is 31.9. The molecule has 11 heteroatoms. The van der Waals surface area contributed by atoms with Crippen LogP contribution in [0.3, 0.4) is 0 Å². The van der Waals surface area contributed by atoms with Gasteiger partial charge in [0.1, 0.15) is 18.0 Å². The number of aromatic nitrogens is 3. The number of alkyl halides is 1. The fourth-order valence-electron chi connectivity index (χ4n) is 5.46. The number of aliphatic hydroxyl groups is 1. The van der Waals surface area contributed by atoms with Gasteiger partial charge in [0.2, 0.25) is 5.89 Å². The molecule has 2 amide bonds. The Labute approximate surface area is 262 Å². The Morgan fingerprint density at radius 2 is 1.84 bits per heavy atom. The van der Waals surface area contributed by atoms with Gasteiger partial charge in [-0.2, -0.15) is 0 Å². The number of hydrogen-bond donors (Lipinski definition) is 3. The molecule has 0 radical (unpaired) electrons. The average Bonchev–Trinajstić information content (AvgIpc) is 3.70. The van der Waals surface area contributed by atoms with Gasteiger partial charge in [0, 0.05) is 50.0 Å². The van der Waals surface area contributed by atoms with Crippen molar-refractivity contribution >= 4 is 11.8 Å². The van der Waals surface area contributed by atoms with Crippen LogP contribution in [-0.4, -0.2) is 62.0 Å². The number of hydrogen-bond acceptors (Lipinski definition) is 8. The van der Waals surface area contributed by atoms with Gasteiger partial charge in [-0.1, -0.05) is 30.3 Å². The van der Waals surface area contributed by atoms with Gasteiger partial charge in [-0.25, -0.2) is 9.37 Å². The van der Waals surface area contributed by atoms with Crippen LogP contribution in [0, 0.1) is 6.92 Å². The van der Waals surface area contributed by atoms with Crippen LogP contribution in [0.2, 0.25) is 0 Å². The number of pyridine rings is 2. The normalized spacial score (nSPS) is 16.4. The first-order chi connectivity index (χ1) is 21.6. The number of nitrogens with zero attached hydrogens (tertiary/aromatic N) is 4. The molecule has 10 nitrogen and oxygen atoms in total. The number of oxazole rings is 1. The summed E-state index contributed by atoms with van der Waals surface area (Å²) in [7, 11) is 0. The number of nitrogens with one attached hydrogen (secondary N) is 2. The van der Waals surface area contributed by atoms with Crippen molar-refractivity contribution in [3.05, 3.63) is 113 Å².